The Labute approximate surface area is 207 Å². The molecule has 36 heavy (non-hydrogen) atoms. The van der Waals surface area contributed by atoms with Gasteiger partial charge in [0.25, 0.3) is 5.60 Å². The monoisotopic (exact) mass is 518 g/mol. The molecular formula is C21H19ClN6O8. The molecular weight excluding hydrogens is 500 g/mol. The van der Waals surface area contributed by atoms with E-state index >= 15 is 0 Å². The number of nitriles is 1. The molecule has 2 aliphatic rings. The Morgan fingerprint density at radius 1 is 1.28 bits per heavy atom. The quantitative estimate of drug-likeness (QED) is 0.184. The zero-order valence-electron chi connectivity index (χ0n) is 18.2. The number of hydrogen-bond acceptors (Lipinski definition) is 12. The Hall–Kier alpha value is -4.61. The lowest BCUT2D eigenvalue weighted by atomic mass is 9.93. The minimum atomic E-state index is -2.77. The third-order valence-corrected chi connectivity index (χ3v) is 5.82. The smallest absolute Gasteiger partial charge is 0.348 e. The number of fused-ring (bicyclic) bond motifs is 1. The van der Waals surface area contributed by atoms with E-state index < -0.39 is 54.0 Å². The molecule has 0 radical (unpaired) electrons. The van der Waals surface area contributed by atoms with Crippen LogP contribution in [0.2, 0.25) is 0 Å². The number of nitrogens with two attached hydrogens (primary N) is 1. The second kappa shape index (κ2) is 9.21. The zero-order chi connectivity index (χ0) is 26.2. The maximum absolute atomic E-state index is 12.0. The normalized spacial score (nSPS) is 17.1. The molecule has 0 saturated carbocycles. The van der Waals surface area contributed by atoms with Crippen molar-refractivity contribution in [1.82, 2.24) is 10.6 Å². The molecule has 2 aromatic rings. The number of nitrogens with zero attached hydrogens (tertiary/aromatic N) is 3. The molecule has 14 nitrogen and oxygen atoms in total. The van der Waals surface area contributed by atoms with Crippen LogP contribution in [0.4, 0.5) is 5.88 Å². The third kappa shape index (κ3) is 4.17. The SMILES string of the molecule is N#Cc1ccc(CC(OCc2oc(N3CNC4=C(N)N=C(Cl)N[C@@H]43)c(O)c2O)(C(=O)O)C(=O)O)cc1. The maximum Gasteiger partial charge on any atom is 0.348 e. The number of rotatable bonds is 8. The Balaban J connectivity index is 1.59. The summed E-state index contributed by atoms with van der Waals surface area (Å²) in [5.74, 6) is -5.63. The van der Waals surface area contributed by atoms with Gasteiger partial charge in [0, 0.05) is 6.42 Å². The number of anilines is 1. The van der Waals surface area contributed by atoms with Gasteiger partial charge in [0.1, 0.15) is 18.6 Å². The third-order valence-electron chi connectivity index (χ3n) is 5.62. The van der Waals surface area contributed by atoms with Crippen LogP contribution in [-0.4, -0.2) is 56.1 Å². The fourth-order valence-corrected chi connectivity index (χ4v) is 3.92. The molecule has 0 amide bonds. The van der Waals surface area contributed by atoms with Gasteiger partial charge < -0.3 is 45.9 Å². The number of carbonyl (C=O) groups is 2. The lowest BCUT2D eigenvalue weighted by molar-refractivity contribution is -0.186. The van der Waals surface area contributed by atoms with E-state index in [1.807, 2.05) is 6.07 Å². The van der Waals surface area contributed by atoms with E-state index in [4.69, 9.17) is 31.8 Å². The molecule has 4 rings (SSSR count). The van der Waals surface area contributed by atoms with Crippen LogP contribution in [0.1, 0.15) is 16.9 Å². The summed E-state index contributed by atoms with van der Waals surface area (Å²) in [5, 5.41) is 55.0. The van der Waals surface area contributed by atoms with Crippen LogP contribution in [0.25, 0.3) is 0 Å². The molecule has 188 valence electrons. The van der Waals surface area contributed by atoms with Crippen LogP contribution in [-0.2, 0) is 27.4 Å². The van der Waals surface area contributed by atoms with Gasteiger partial charge in [-0.05, 0) is 29.3 Å². The Kier molecular flexibility index (Phi) is 6.27. The van der Waals surface area contributed by atoms with Gasteiger partial charge in [-0.1, -0.05) is 12.1 Å². The lowest BCUT2D eigenvalue weighted by Gasteiger charge is -2.26. The highest BCUT2D eigenvalue weighted by molar-refractivity contribution is 6.65. The number of carboxylic acid groups (broad SMARTS) is 2. The van der Waals surface area contributed by atoms with E-state index in [1.54, 1.807) is 0 Å². The average molecular weight is 519 g/mol. The molecule has 0 unspecified atom stereocenters. The zero-order valence-corrected chi connectivity index (χ0v) is 19.0. The summed E-state index contributed by atoms with van der Waals surface area (Å²) in [7, 11) is 0. The number of hydrogen-bond donors (Lipinski definition) is 7. The van der Waals surface area contributed by atoms with Crippen molar-refractivity contribution in [2.45, 2.75) is 24.8 Å². The first-order valence-electron chi connectivity index (χ1n) is 10.2. The van der Waals surface area contributed by atoms with Crippen LogP contribution >= 0.6 is 11.6 Å². The fourth-order valence-electron chi connectivity index (χ4n) is 3.72. The predicted molar refractivity (Wildman–Crippen MR) is 122 cm³/mol. The van der Waals surface area contributed by atoms with Crippen molar-refractivity contribution in [1.29, 1.82) is 5.26 Å². The minimum Gasteiger partial charge on any atom is -0.502 e. The number of furan rings is 1. The number of ether oxygens (including phenoxy) is 1. The van der Waals surface area contributed by atoms with Gasteiger partial charge in [0.2, 0.25) is 17.4 Å². The summed E-state index contributed by atoms with van der Waals surface area (Å²) in [4.78, 5) is 29.4. The maximum atomic E-state index is 12.0. The molecule has 0 bridgehead atoms. The van der Waals surface area contributed by atoms with E-state index in [0.29, 0.717) is 11.3 Å². The molecule has 0 spiro atoms. The molecule has 8 N–H and O–H groups in total. The van der Waals surface area contributed by atoms with E-state index in [1.165, 1.54) is 29.2 Å². The number of halogens is 1. The van der Waals surface area contributed by atoms with Crippen molar-refractivity contribution < 1.29 is 39.2 Å². The summed E-state index contributed by atoms with van der Waals surface area (Å²) in [6, 6.07) is 7.52. The highest BCUT2D eigenvalue weighted by Gasteiger charge is 2.49. The molecule has 1 saturated heterocycles. The van der Waals surface area contributed by atoms with Crippen molar-refractivity contribution in [3.8, 4) is 17.6 Å². The van der Waals surface area contributed by atoms with Gasteiger partial charge in [0.15, 0.2) is 11.1 Å². The number of aromatic hydroxyl groups is 2. The van der Waals surface area contributed by atoms with Crippen molar-refractivity contribution in [3.05, 3.63) is 52.7 Å². The van der Waals surface area contributed by atoms with Crippen molar-refractivity contribution in [3.63, 3.8) is 0 Å². The van der Waals surface area contributed by atoms with Crippen LogP contribution in [0.15, 0.2) is 45.2 Å². The van der Waals surface area contributed by atoms with Crippen LogP contribution in [0.3, 0.4) is 0 Å². The van der Waals surface area contributed by atoms with E-state index in [9.17, 15) is 30.0 Å². The molecule has 1 fully saturated rings. The molecule has 1 aromatic carbocycles. The highest BCUT2D eigenvalue weighted by Crippen LogP contribution is 2.44. The predicted octanol–water partition coefficient (Wildman–Crippen LogP) is 0.249. The summed E-state index contributed by atoms with van der Waals surface area (Å²) >= 11 is 5.93. The van der Waals surface area contributed by atoms with Gasteiger partial charge in [-0.25, -0.2) is 14.6 Å². The standard InChI is InChI=1S/C21H19ClN6O8/c22-20-26-15(24)12-16(27-20)28(8-25-12)17-14(30)13(29)11(36-17)7-35-21(18(31)32,19(33)34)5-9-1-3-10(6-23)4-2-9/h1-4,16,25,29-30H,5,7-8,24H2,(H,26,27)(H,31,32)(H,33,34)/t16-/m1/s1. The molecule has 3 heterocycles. The summed E-state index contributed by atoms with van der Waals surface area (Å²) < 4.78 is 10.8. The summed E-state index contributed by atoms with van der Waals surface area (Å²) in [6.45, 7) is -0.762. The molecule has 1 aromatic heterocycles. The van der Waals surface area contributed by atoms with Crippen molar-refractivity contribution in [2.24, 2.45) is 10.7 Å². The number of amidine groups is 1. The van der Waals surface area contributed by atoms with Crippen molar-refractivity contribution >= 4 is 34.7 Å². The number of carboxylic acids is 2. The summed E-state index contributed by atoms with van der Waals surface area (Å²) in [5.41, 5.74) is 4.09. The van der Waals surface area contributed by atoms with Gasteiger partial charge in [0.05, 0.1) is 24.0 Å². The molecule has 1 atom stereocenters. The summed E-state index contributed by atoms with van der Waals surface area (Å²) in [6.07, 6.45) is -1.33. The Morgan fingerprint density at radius 3 is 2.56 bits per heavy atom. The lowest BCUT2D eigenvalue weighted by Crippen LogP contribution is -2.51. The van der Waals surface area contributed by atoms with Crippen LogP contribution < -0.4 is 21.3 Å². The minimum absolute atomic E-state index is 0.0238. The van der Waals surface area contributed by atoms with E-state index in [-0.39, 0.29) is 29.2 Å². The van der Waals surface area contributed by atoms with Crippen LogP contribution in [0, 0.1) is 11.3 Å². The van der Waals surface area contributed by atoms with Gasteiger partial charge >= 0.3 is 11.9 Å². The van der Waals surface area contributed by atoms with Gasteiger partial charge in [-0.2, -0.15) is 5.26 Å². The van der Waals surface area contributed by atoms with Crippen molar-refractivity contribution in [2.75, 3.05) is 11.6 Å². The van der Waals surface area contributed by atoms with E-state index in [0.717, 1.165) is 0 Å². The topological polar surface area (TPSA) is 227 Å². The fraction of sp³-hybridized carbons (Fsp3) is 0.238. The van der Waals surface area contributed by atoms with Crippen LogP contribution in [0.5, 0.6) is 11.5 Å². The number of aliphatic carboxylic acids is 2. The Morgan fingerprint density at radius 2 is 1.94 bits per heavy atom. The first-order chi connectivity index (χ1) is 17.1. The highest BCUT2D eigenvalue weighted by atomic mass is 35.5. The number of benzene rings is 1. The Bertz CT molecular complexity index is 1320. The second-order valence-electron chi connectivity index (χ2n) is 7.79. The molecule has 0 aliphatic carbocycles. The second-order valence-corrected chi connectivity index (χ2v) is 8.15. The first kappa shape index (κ1) is 24.5. The van der Waals surface area contributed by atoms with E-state index in [2.05, 4.69) is 15.6 Å². The van der Waals surface area contributed by atoms with Gasteiger partial charge in [-0.15, -0.1) is 0 Å². The average Bonchev–Trinajstić information content (AvgIpc) is 3.37. The molecule has 15 heteroatoms. The first-order valence-corrected chi connectivity index (χ1v) is 10.6. The number of nitrogens with one attached hydrogen (secondary N) is 2. The largest absolute Gasteiger partial charge is 0.502 e. The van der Waals surface area contributed by atoms with Gasteiger partial charge in [-0.3, -0.25) is 4.90 Å². The number of aliphatic imine (C=N–C) groups is 1. The molecule has 2 aliphatic heterocycles.